The fraction of sp³-hybridized carbons (Fsp3) is 0.750. The molecular weight excluding hydrogens is 264 g/mol. The lowest BCUT2D eigenvalue weighted by Crippen LogP contribution is -2.46. The average molecular weight is 292 g/mol. The second-order valence-corrected chi connectivity index (χ2v) is 6.51. The molecule has 1 amide bonds. The van der Waals surface area contributed by atoms with Gasteiger partial charge in [-0.1, -0.05) is 13.8 Å². The average Bonchev–Trinajstić information content (AvgIpc) is 2.67. The van der Waals surface area contributed by atoms with E-state index in [1.165, 1.54) is 0 Å². The Labute approximate surface area is 127 Å². The van der Waals surface area contributed by atoms with Crippen LogP contribution in [0.2, 0.25) is 0 Å². The molecule has 118 valence electrons. The molecule has 1 fully saturated rings. The standard InChI is InChI=1S/C16H28N4O/c1-11(2)10-20-13(4)15(12(3)19-20)8-16(21)18-14-6-5-7-17-9-14/h11,14,17H,5-10H2,1-4H3,(H,18,21)/t14-/m0/s1. The number of carbonyl (C=O) groups excluding carboxylic acids is 1. The molecule has 1 atom stereocenters. The number of aryl methyl sites for hydroxylation is 1. The SMILES string of the molecule is Cc1nn(CC(C)C)c(C)c1CC(=O)N[C@H]1CCCNC1. The minimum atomic E-state index is 0.110. The molecule has 1 saturated heterocycles. The number of nitrogens with zero attached hydrogens (tertiary/aromatic N) is 2. The normalized spacial score (nSPS) is 19.0. The van der Waals surface area contributed by atoms with E-state index >= 15 is 0 Å². The molecule has 5 nitrogen and oxygen atoms in total. The van der Waals surface area contributed by atoms with E-state index in [1.807, 2.05) is 11.6 Å². The zero-order valence-corrected chi connectivity index (χ0v) is 13.7. The number of carbonyl (C=O) groups is 1. The van der Waals surface area contributed by atoms with Crippen LogP contribution in [0.4, 0.5) is 0 Å². The summed E-state index contributed by atoms with van der Waals surface area (Å²) in [5.74, 6) is 0.664. The smallest absolute Gasteiger partial charge is 0.224 e. The van der Waals surface area contributed by atoms with Gasteiger partial charge in [0.2, 0.25) is 5.91 Å². The third-order valence-corrected chi connectivity index (χ3v) is 4.07. The van der Waals surface area contributed by atoms with Gasteiger partial charge in [-0.2, -0.15) is 5.10 Å². The number of nitrogens with one attached hydrogen (secondary N) is 2. The first-order valence-electron chi connectivity index (χ1n) is 8.00. The molecule has 0 saturated carbocycles. The van der Waals surface area contributed by atoms with Gasteiger partial charge < -0.3 is 10.6 Å². The monoisotopic (exact) mass is 292 g/mol. The zero-order valence-electron chi connectivity index (χ0n) is 13.7. The van der Waals surface area contributed by atoms with Crippen LogP contribution in [0.3, 0.4) is 0 Å². The summed E-state index contributed by atoms with van der Waals surface area (Å²) in [4.78, 5) is 12.2. The van der Waals surface area contributed by atoms with E-state index in [0.29, 0.717) is 12.3 Å². The van der Waals surface area contributed by atoms with E-state index in [4.69, 9.17) is 0 Å². The maximum absolute atomic E-state index is 12.2. The molecule has 5 heteroatoms. The van der Waals surface area contributed by atoms with Gasteiger partial charge in [-0.15, -0.1) is 0 Å². The van der Waals surface area contributed by atoms with Gasteiger partial charge in [-0.3, -0.25) is 9.48 Å². The highest BCUT2D eigenvalue weighted by molar-refractivity contribution is 5.79. The molecule has 2 N–H and O–H groups in total. The van der Waals surface area contributed by atoms with Crippen LogP contribution in [0, 0.1) is 19.8 Å². The van der Waals surface area contributed by atoms with Crippen LogP contribution in [0.1, 0.15) is 43.6 Å². The fourth-order valence-corrected chi connectivity index (χ4v) is 2.93. The first-order valence-corrected chi connectivity index (χ1v) is 8.00. The topological polar surface area (TPSA) is 59.0 Å². The Morgan fingerprint density at radius 3 is 2.86 bits per heavy atom. The maximum atomic E-state index is 12.2. The molecule has 1 aromatic heterocycles. The van der Waals surface area contributed by atoms with Crippen LogP contribution >= 0.6 is 0 Å². The number of rotatable bonds is 5. The van der Waals surface area contributed by atoms with Crippen LogP contribution in [-0.2, 0) is 17.8 Å². The summed E-state index contributed by atoms with van der Waals surface area (Å²) in [6, 6.07) is 0.276. The van der Waals surface area contributed by atoms with Crippen molar-refractivity contribution in [1.82, 2.24) is 20.4 Å². The van der Waals surface area contributed by atoms with Crippen molar-refractivity contribution in [3.8, 4) is 0 Å². The molecule has 0 aliphatic carbocycles. The van der Waals surface area contributed by atoms with Crippen LogP contribution in [0.5, 0.6) is 0 Å². The minimum Gasteiger partial charge on any atom is -0.352 e. The predicted molar refractivity (Wildman–Crippen MR) is 84.3 cm³/mol. The number of amides is 1. The van der Waals surface area contributed by atoms with E-state index in [0.717, 1.165) is 49.4 Å². The summed E-state index contributed by atoms with van der Waals surface area (Å²) in [6.07, 6.45) is 2.64. The van der Waals surface area contributed by atoms with Crippen molar-refractivity contribution in [3.05, 3.63) is 17.0 Å². The van der Waals surface area contributed by atoms with Crippen molar-refractivity contribution in [2.75, 3.05) is 13.1 Å². The van der Waals surface area contributed by atoms with Crippen molar-refractivity contribution in [2.24, 2.45) is 5.92 Å². The summed E-state index contributed by atoms with van der Waals surface area (Å²) < 4.78 is 2.03. The van der Waals surface area contributed by atoms with Crippen molar-refractivity contribution >= 4 is 5.91 Å². The molecule has 0 radical (unpaired) electrons. The Hall–Kier alpha value is -1.36. The van der Waals surface area contributed by atoms with Gasteiger partial charge >= 0.3 is 0 Å². The highest BCUT2D eigenvalue weighted by atomic mass is 16.1. The minimum absolute atomic E-state index is 0.110. The highest BCUT2D eigenvalue weighted by Gasteiger charge is 2.19. The molecule has 0 spiro atoms. The molecule has 1 aliphatic rings. The second kappa shape index (κ2) is 7.07. The van der Waals surface area contributed by atoms with E-state index in [2.05, 4.69) is 36.5 Å². The maximum Gasteiger partial charge on any atom is 0.224 e. The number of hydrogen-bond acceptors (Lipinski definition) is 3. The number of aromatic nitrogens is 2. The lowest BCUT2D eigenvalue weighted by Gasteiger charge is -2.23. The second-order valence-electron chi connectivity index (χ2n) is 6.51. The van der Waals surface area contributed by atoms with Crippen molar-refractivity contribution in [1.29, 1.82) is 0 Å². The fourth-order valence-electron chi connectivity index (χ4n) is 2.93. The highest BCUT2D eigenvalue weighted by Crippen LogP contribution is 2.15. The quantitative estimate of drug-likeness (QED) is 0.866. The molecule has 1 aromatic rings. The van der Waals surface area contributed by atoms with Gasteiger partial charge in [0.05, 0.1) is 12.1 Å². The van der Waals surface area contributed by atoms with Gasteiger partial charge in [-0.05, 0) is 39.2 Å². The van der Waals surface area contributed by atoms with Gasteiger partial charge in [0.1, 0.15) is 0 Å². The lowest BCUT2D eigenvalue weighted by atomic mass is 10.1. The van der Waals surface area contributed by atoms with Crippen molar-refractivity contribution < 1.29 is 4.79 Å². The Balaban J connectivity index is 1.98. The molecular formula is C16H28N4O. The van der Waals surface area contributed by atoms with E-state index < -0.39 is 0 Å². The molecule has 2 heterocycles. The third kappa shape index (κ3) is 4.30. The number of piperidine rings is 1. The molecule has 2 rings (SSSR count). The van der Waals surface area contributed by atoms with E-state index in [1.54, 1.807) is 0 Å². The molecule has 21 heavy (non-hydrogen) atoms. The summed E-state index contributed by atoms with van der Waals surface area (Å²) in [6.45, 7) is 11.3. The summed E-state index contributed by atoms with van der Waals surface area (Å²) >= 11 is 0. The van der Waals surface area contributed by atoms with E-state index in [9.17, 15) is 4.79 Å². The van der Waals surface area contributed by atoms with Gasteiger partial charge in [0.25, 0.3) is 0 Å². The van der Waals surface area contributed by atoms with Gasteiger partial charge in [0, 0.05) is 30.4 Å². The van der Waals surface area contributed by atoms with Crippen LogP contribution < -0.4 is 10.6 Å². The van der Waals surface area contributed by atoms with Crippen LogP contribution in [0.25, 0.3) is 0 Å². The molecule has 0 unspecified atom stereocenters. The Kier molecular flexibility index (Phi) is 5.39. The summed E-state index contributed by atoms with van der Waals surface area (Å²) in [7, 11) is 0. The molecule has 1 aliphatic heterocycles. The van der Waals surface area contributed by atoms with Crippen molar-refractivity contribution in [3.63, 3.8) is 0 Å². The van der Waals surface area contributed by atoms with Crippen molar-refractivity contribution in [2.45, 2.75) is 59.5 Å². The van der Waals surface area contributed by atoms with Crippen LogP contribution in [-0.4, -0.2) is 34.8 Å². The third-order valence-electron chi connectivity index (χ3n) is 4.07. The largest absolute Gasteiger partial charge is 0.352 e. The van der Waals surface area contributed by atoms with Crippen LogP contribution in [0.15, 0.2) is 0 Å². The summed E-state index contributed by atoms with van der Waals surface area (Å²) in [5, 5.41) is 11.0. The zero-order chi connectivity index (χ0) is 15.4. The van der Waals surface area contributed by atoms with Gasteiger partial charge in [-0.25, -0.2) is 0 Å². The molecule has 0 aromatic carbocycles. The van der Waals surface area contributed by atoms with Gasteiger partial charge in [0.15, 0.2) is 0 Å². The summed E-state index contributed by atoms with van der Waals surface area (Å²) in [5.41, 5.74) is 3.18. The molecule has 0 bridgehead atoms. The Morgan fingerprint density at radius 2 is 2.24 bits per heavy atom. The first-order chi connectivity index (χ1) is 9.97. The lowest BCUT2D eigenvalue weighted by molar-refractivity contribution is -0.121. The number of hydrogen-bond donors (Lipinski definition) is 2. The first kappa shape index (κ1) is 16.0. The Morgan fingerprint density at radius 1 is 1.48 bits per heavy atom. The predicted octanol–water partition coefficient (Wildman–Crippen LogP) is 1.57. The van der Waals surface area contributed by atoms with E-state index in [-0.39, 0.29) is 11.9 Å². The Bertz CT molecular complexity index is 487.